The molecule has 0 spiro atoms. The van der Waals surface area contributed by atoms with E-state index in [0.29, 0.717) is 0 Å². The lowest BCUT2D eigenvalue weighted by Crippen LogP contribution is -1.94. The van der Waals surface area contributed by atoms with Crippen molar-refractivity contribution in [2.45, 2.75) is 25.7 Å². The Hall–Kier alpha value is -0.0900. The van der Waals surface area contributed by atoms with Crippen molar-refractivity contribution < 1.29 is 0 Å². The van der Waals surface area contributed by atoms with Gasteiger partial charge in [0.2, 0.25) is 0 Å². The molecule has 0 amide bonds. The standard InChI is InChI=1S/C8H12S/c1-2-9-7-8-5-3-4-6-8/h1,8H,3-7H2. The van der Waals surface area contributed by atoms with Crippen molar-refractivity contribution in [1.29, 1.82) is 0 Å². The molecule has 0 nitrogen and oxygen atoms in total. The Labute approximate surface area is 61.4 Å². The largest absolute Gasteiger partial charge is 0.108 e. The highest BCUT2D eigenvalue weighted by atomic mass is 32.2. The van der Waals surface area contributed by atoms with Gasteiger partial charge >= 0.3 is 0 Å². The van der Waals surface area contributed by atoms with Crippen molar-refractivity contribution in [3.8, 4) is 11.7 Å². The topological polar surface area (TPSA) is 0 Å². The third kappa shape index (κ3) is 2.32. The van der Waals surface area contributed by atoms with Crippen LogP contribution in [0, 0.1) is 17.6 Å². The van der Waals surface area contributed by atoms with Crippen LogP contribution in [0.1, 0.15) is 25.7 Å². The summed E-state index contributed by atoms with van der Waals surface area (Å²) in [7, 11) is 0. The monoisotopic (exact) mass is 140 g/mol. The van der Waals surface area contributed by atoms with Crippen molar-refractivity contribution in [3.63, 3.8) is 0 Å². The van der Waals surface area contributed by atoms with Gasteiger partial charge in [-0.25, -0.2) is 0 Å². The Bertz CT molecular complexity index is 106. The molecule has 0 aliphatic heterocycles. The van der Waals surface area contributed by atoms with Gasteiger partial charge in [0.1, 0.15) is 0 Å². The summed E-state index contributed by atoms with van der Waals surface area (Å²) in [5.74, 6) is 2.13. The molecule has 0 saturated heterocycles. The molecule has 1 heteroatoms. The average Bonchev–Trinajstić information content (AvgIpc) is 2.34. The van der Waals surface area contributed by atoms with Crippen LogP contribution in [0.5, 0.6) is 0 Å². The maximum Gasteiger partial charge on any atom is 0.00849 e. The Morgan fingerprint density at radius 3 is 2.67 bits per heavy atom. The maximum atomic E-state index is 5.12. The number of rotatable bonds is 2. The number of hydrogen-bond acceptors (Lipinski definition) is 1. The van der Waals surface area contributed by atoms with Gasteiger partial charge < -0.3 is 0 Å². The normalized spacial score (nSPS) is 19.9. The van der Waals surface area contributed by atoms with E-state index >= 15 is 0 Å². The van der Waals surface area contributed by atoms with Gasteiger partial charge in [0.25, 0.3) is 0 Å². The van der Waals surface area contributed by atoms with Crippen LogP contribution in [0.4, 0.5) is 0 Å². The van der Waals surface area contributed by atoms with Crippen LogP contribution in [-0.4, -0.2) is 5.75 Å². The smallest absolute Gasteiger partial charge is 0.00849 e. The second-order valence-electron chi connectivity index (χ2n) is 2.58. The van der Waals surface area contributed by atoms with Crippen molar-refractivity contribution in [1.82, 2.24) is 0 Å². The van der Waals surface area contributed by atoms with Crippen LogP contribution in [-0.2, 0) is 0 Å². The summed E-state index contributed by atoms with van der Waals surface area (Å²) < 4.78 is 0. The van der Waals surface area contributed by atoms with E-state index in [9.17, 15) is 0 Å². The molecule has 1 rings (SSSR count). The van der Waals surface area contributed by atoms with E-state index in [0.717, 1.165) is 5.92 Å². The molecule has 0 aromatic heterocycles. The predicted octanol–water partition coefficient (Wildman–Crippen LogP) is 2.50. The minimum absolute atomic E-state index is 0.936. The lowest BCUT2D eigenvalue weighted by molar-refractivity contribution is 0.624. The molecule has 0 N–H and O–H groups in total. The fraction of sp³-hybridized carbons (Fsp3) is 0.750. The van der Waals surface area contributed by atoms with Gasteiger partial charge in [-0.2, -0.15) is 0 Å². The molecule has 0 bridgehead atoms. The lowest BCUT2D eigenvalue weighted by Gasteiger charge is -2.02. The van der Waals surface area contributed by atoms with Crippen LogP contribution in [0.2, 0.25) is 0 Å². The zero-order valence-electron chi connectivity index (χ0n) is 5.60. The van der Waals surface area contributed by atoms with Gasteiger partial charge in [-0.3, -0.25) is 0 Å². The van der Waals surface area contributed by atoms with Crippen LogP contribution in [0.25, 0.3) is 0 Å². The highest BCUT2D eigenvalue weighted by Gasteiger charge is 2.13. The number of hydrogen-bond donors (Lipinski definition) is 0. The van der Waals surface area contributed by atoms with Gasteiger partial charge in [0.05, 0.1) is 0 Å². The molecule has 0 aromatic rings. The molecule has 9 heavy (non-hydrogen) atoms. The summed E-state index contributed by atoms with van der Waals surface area (Å²) in [6.07, 6.45) is 10.8. The van der Waals surface area contributed by atoms with Gasteiger partial charge in [-0.1, -0.05) is 24.6 Å². The molecule has 0 aromatic carbocycles. The van der Waals surface area contributed by atoms with Crippen molar-refractivity contribution in [2.75, 3.05) is 5.75 Å². The first-order chi connectivity index (χ1) is 4.43. The summed E-state index contributed by atoms with van der Waals surface area (Å²) >= 11 is 1.63. The Balaban J connectivity index is 2.06. The molecule has 50 valence electrons. The van der Waals surface area contributed by atoms with E-state index in [1.807, 2.05) is 0 Å². The summed E-state index contributed by atoms with van der Waals surface area (Å²) in [5.41, 5.74) is 0. The number of terminal acetylenes is 1. The van der Waals surface area contributed by atoms with Crippen molar-refractivity contribution in [2.24, 2.45) is 5.92 Å². The second-order valence-corrected chi connectivity index (χ2v) is 3.44. The highest BCUT2D eigenvalue weighted by Crippen LogP contribution is 2.27. The van der Waals surface area contributed by atoms with Gasteiger partial charge in [0.15, 0.2) is 0 Å². The van der Waals surface area contributed by atoms with Gasteiger partial charge in [-0.05, 0) is 24.0 Å². The van der Waals surface area contributed by atoms with E-state index in [2.05, 4.69) is 5.25 Å². The van der Waals surface area contributed by atoms with Gasteiger partial charge in [0, 0.05) is 5.75 Å². The Morgan fingerprint density at radius 2 is 2.11 bits per heavy atom. The van der Waals surface area contributed by atoms with Crippen LogP contribution in [0.15, 0.2) is 0 Å². The SMILES string of the molecule is C#CSCC1CCCC1. The Morgan fingerprint density at radius 1 is 1.44 bits per heavy atom. The summed E-state index contributed by atoms with van der Waals surface area (Å²) in [6, 6.07) is 0. The quantitative estimate of drug-likeness (QED) is 0.531. The molecule has 1 saturated carbocycles. The first-order valence-corrected chi connectivity index (χ1v) is 4.49. The van der Waals surface area contributed by atoms with Crippen LogP contribution >= 0.6 is 11.8 Å². The summed E-state index contributed by atoms with van der Waals surface area (Å²) in [6.45, 7) is 0. The zero-order chi connectivity index (χ0) is 6.53. The molecule has 0 atom stereocenters. The third-order valence-electron chi connectivity index (χ3n) is 1.88. The fourth-order valence-corrected chi connectivity index (χ4v) is 2.01. The number of thioether (sulfide) groups is 1. The van der Waals surface area contributed by atoms with E-state index < -0.39 is 0 Å². The fourth-order valence-electron chi connectivity index (χ4n) is 1.34. The molecule has 1 aliphatic rings. The first kappa shape index (κ1) is 7.02. The van der Waals surface area contributed by atoms with Crippen LogP contribution < -0.4 is 0 Å². The first-order valence-electron chi connectivity index (χ1n) is 3.51. The Kier molecular flexibility index (Phi) is 3.00. The van der Waals surface area contributed by atoms with E-state index in [4.69, 9.17) is 6.42 Å². The predicted molar refractivity (Wildman–Crippen MR) is 43.2 cm³/mol. The molecule has 0 radical (unpaired) electrons. The highest BCUT2D eigenvalue weighted by molar-refractivity contribution is 8.03. The van der Waals surface area contributed by atoms with Crippen molar-refractivity contribution >= 4 is 11.8 Å². The molecule has 1 fully saturated rings. The molecular weight excluding hydrogens is 128 g/mol. The van der Waals surface area contributed by atoms with Crippen LogP contribution in [0.3, 0.4) is 0 Å². The summed E-state index contributed by atoms with van der Waals surface area (Å²) in [4.78, 5) is 0. The maximum absolute atomic E-state index is 5.12. The molecular formula is C8H12S. The zero-order valence-corrected chi connectivity index (χ0v) is 6.41. The van der Waals surface area contributed by atoms with E-state index in [-0.39, 0.29) is 0 Å². The molecule has 0 unspecified atom stereocenters. The average molecular weight is 140 g/mol. The molecule has 0 heterocycles. The minimum atomic E-state index is 0.936. The van der Waals surface area contributed by atoms with E-state index in [1.54, 1.807) is 11.8 Å². The van der Waals surface area contributed by atoms with E-state index in [1.165, 1.54) is 31.4 Å². The third-order valence-corrected chi connectivity index (χ3v) is 2.68. The van der Waals surface area contributed by atoms with Crippen molar-refractivity contribution in [3.05, 3.63) is 0 Å². The minimum Gasteiger partial charge on any atom is -0.108 e. The summed E-state index contributed by atoms with van der Waals surface area (Å²) in [5, 5.41) is 2.61. The molecule has 1 aliphatic carbocycles. The second kappa shape index (κ2) is 3.85. The lowest BCUT2D eigenvalue weighted by atomic mass is 10.1. The van der Waals surface area contributed by atoms with Gasteiger partial charge in [-0.15, -0.1) is 6.42 Å².